The van der Waals surface area contributed by atoms with Gasteiger partial charge in [0.05, 0.1) is 18.1 Å². The average Bonchev–Trinajstić information content (AvgIpc) is 3.26. The second-order valence-electron chi connectivity index (χ2n) is 9.96. The third-order valence-corrected chi connectivity index (χ3v) is 9.30. The zero-order chi connectivity index (χ0) is 24.3. The van der Waals surface area contributed by atoms with Gasteiger partial charge >= 0.3 is 12.0 Å². The standard InChI is InChI=1S/C23H30Cl2N2O6/c1-5-6-8-23(25)16-17(24)27(20(31)26(16)13(2)28)18(29)22-9-7-14(21(22,3)4)12-15(22)32-10-11-33-19(23)30/h5-6,14-17H,7-12H2,1-4H3/b6-5+/t14-,15-,16-,17-,22+,23?/m0/s1. The quantitative estimate of drug-likeness (QED) is 0.249. The third kappa shape index (κ3) is 3.20. The van der Waals surface area contributed by atoms with Crippen LogP contribution in [0.3, 0.4) is 0 Å². The Kier molecular flexibility index (Phi) is 6.11. The normalized spacial score (nSPS) is 40.6. The first-order valence-electron chi connectivity index (χ1n) is 11.4. The van der Waals surface area contributed by atoms with Gasteiger partial charge in [-0.2, -0.15) is 0 Å². The van der Waals surface area contributed by atoms with E-state index in [1.54, 1.807) is 19.1 Å². The Morgan fingerprint density at radius 2 is 1.94 bits per heavy atom. The Morgan fingerprint density at radius 1 is 1.24 bits per heavy atom. The predicted octanol–water partition coefficient (Wildman–Crippen LogP) is 3.44. The molecule has 2 saturated carbocycles. The number of carbonyl (C=O) groups is 4. The molecule has 2 aliphatic heterocycles. The van der Waals surface area contributed by atoms with Gasteiger partial charge in [0, 0.05) is 6.92 Å². The topological polar surface area (TPSA) is 93.2 Å². The van der Waals surface area contributed by atoms with Crippen molar-refractivity contribution >= 4 is 47.0 Å². The Hall–Kier alpha value is -1.64. The van der Waals surface area contributed by atoms with Crippen molar-refractivity contribution in [1.29, 1.82) is 0 Å². The number of amides is 4. The van der Waals surface area contributed by atoms with Crippen LogP contribution in [0.2, 0.25) is 0 Å². The molecule has 2 saturated heterocycles. The van der Waals surface area contributed by atoms with Crippen LogP contribution in [0.1, 0.15) is 53.4 Å². The second-order valence-corrected chi connectivity index (χ2v) is 11.1. The first kappa shape index (κ1) is 24.5. The van der Waals surface area contributed by atoms with Crippen molar-refractivity contribution in [3.8, 4) is 0 Å². The summed E-state index contributed by atoms with van der Waals surface area (Å²) >= 11 is 13.6. The molecule has 4 amide bonds. The first-order chi connectivity index (χ1) is 15.4. The van der Waals surface area contributed by atoms with Crippen LogP contribution in [0, 0.1) is 16.7 Å². The molecular formula is C23H30Cl2N2O6. The van der Waals surface area contributed by atoms with Crippen molar-refractivity contribution in [1.82, 2.24) is 9.80 Å². The molecule has 2 aliphatic carbocycles. The molecule has 182 valence electrons. The van der Waals surface area contributed by atoms with Gasteiger partial charge in [0.1, 0.15) is 18.1 Å². The number of allylic oxidation sites excluding steroid dienone is 2. The molecule has 4 fully saturated rings. The van der Waals surface area contributed by atoms with Gasteiger partial charge in [-0.3, -0.25) is 19.3 Å². The molecule has 6 atom stereocenters. The number of alkyl halides is 2. The summed E-state index contributed by atoms with van der Waals surface area (Å²) in [5, 5.41) is 0. The van der Waals surface area contributed by atoms with Crippen molar-refractivity contribution < 1.29 is 28.7 Å². The largest absolute Gasteiger partial charge is 0.462 e. The van der Waals surface area contributed by atoms with Gasteiger partial charge < -0.3 is 9.47 Å². The van der Waals surface area contributed by atoms with E-state index in [2.05, 4.69) is 0 Å². The van der Waals surface area contributed by atoms with Crippen molar-refractivity contribution in [3.05, 3.63) is 12.2 Å². The van der Waals surface area contributed by atoms with Gasteiger partial charge in [0.25, 0.3) is 0 Å². The summed E-state index contributed by atoms with van der Waals surface area (Å²) in [4.78, 5) is 53.4. The van der Waals surface area contributed by atoms with Crippen LogP contribution in [-0.4, -0.2) is 69.3 Å². The summed E-state index contributed by atoms with van der Waals surface area (Å²) in [5.41, 5.74) is -2.75. The Balaban J connectivity index is 1.88. The molecule has 2 heterocycles. The molecule has 1 unspecified atom stereocenters. The third-order valence-electron chi connectivity index (χ3n) is 8.34. The Labute approximate surface area is 203 Å². The number of hydrogen-bond acceptors (Lipinski definition) is 6. The summed E-state index contributed by atoms with van der Waals surface area (Å²) in [6, 6.07) is -2.16. The molecule has 1 spiro atoms. The highest BCUT2D eigenvalue weighted by Gasteiger charge is 2.72. The summed E-state index contributed by atoms with van der Waals surface area (Å²) in [6.45, 7) is 7.04. The fourth-order valence-corrected chi connectivity index (χ4v) is 7.38. The lowest BCUT2D eigenvalue weighted by atomic mass is 9.67. The van der Waals surface area contributed by atoms with E-state index < -0.39 is 57.2 Å². The number of hydrogen-bond donors (Lipinski definition) is 0. The van der Waals surface area contributed by atoms with Gasteiger partial charge in [-0.15, -0.1) is 11.6 Å². The van der Waals surface area contributed by atoms with E-state index in [1.807, 2.05) is 13.8 Å². The number of urea groups is 1. The molecule has 0 aromatic rings. The fraction of sp³-hybridized carbons (Fsp3) is 0.739. The lowest BCUT2D eigenvalue weighted by molar-refractivity contribution is -0.162. The highest BCUT2D eigenvalue weighted by Crippen LogP contribution is 2.67. The molecule has 33 heavy (non-hydrogen) atoms. The van der Waals surface area contributed by atoms with Gasteiger partial charge in [-0.05, 0) is 43.9 Å². The molecule has 4 aliphatic rings. The predicted molar refractivity (Wildman–Crippen MR) is 120 cm³/mol. The van der Waals surface area contributed by atoms with E-state index in [1.165, 1.54) is 6.92 Å². The number of imide groups is 2. The molecule has 0 aromatic carbocycles. The smallest absolute Gasteiger partial charge is 0.335 e. The molecule has 4 bridgehead atoms. The maximum atomic E-state index is 14.2. The van der Waals surface area contributed by atoms with Gasteiger partial charge in [-0.25, -0.2) is 9.69 Å². The molecule has 8 nitrogen and oxygen atoms in total. The van der Waals surface area contributed by atoms with Crippen molar-refractivity contribution in [3.63, 3.8) is 0 Å². The first-order valence-corrected chi connectivity index (χ1v) is 12.2. The van der Waals surface area contributed by atoms with E-state index in [-0.39, 0.29) is 25.6 Å². The number of nitrogens with zero attached hydrogens (tertiary/aromatic N) is 2. The van der Waals surface area contributed by atoms with Crippen LogP contribution in [0.25, 0.3) is 0 Å². The molecule has 0 N–H and O–H groups in total. The molecule has 0 aromatic heterocycles. The summed E-state index contributed by atoms with van der Waals surface area (Å²) in [5.74, 6) is -1.69. The zero-order valence-electron chi connectivity index (χ0n) is 19.3. The maximum Gasteiger partial charge on any atom is 0.335 e. The van der Waals surface area contributed by atoms with Crippen LogP contribution in [-0.2, 0) is 23.9 Å². The van der Waals surface area contributed by atoms with E-state index in [9.17, 15) is 19.2 Å². The fourth-order valence-electron chi connectivity index (χ4n) is 6.46. The number of fused-ring (bicyclic) bond motifs is 3. The highest BCUT2D eigenvalue weighted by molar-refractivity contribution is 6.37. The Morgan fingerprint density at radius 3 is 2.55 bits per heavy atom. The number of cyclic esters (lactones) is 1. The van der Waals surface area contributed by atoms with E-state index in [4.69, 9.17) is 32.7 Å². The van der Waals surface area contributed by atoms with Crippen molar-refractivity contribution in [2.45, 2.75) is 75.9 Å². The Bertz CT molecular complexity index is 923. The van der Waals surface area contributed by atoms with Crippen LogP contribution >= 0.6 is 23.2 Å². The van der Waals surface area contributed by atoms with Crippen molar-refractivity contribution in [2.75, 3.05) is 13.2 Å². The SMILES string of the molecule is C/C=C/CC1(Cl)C(=O)OCCO[C@H]2C[C@@H]3CC[C@@]2(C(=O)N2C(=O)N(C(C)=O)[C@H]1[C@H]2Cl)C3(C)C. The van der Waals surface area contributed by atoms with E-state index >= 15 is 0 Å². The lowest BCUT2D eigenvalue weighted by Crippen LogP contribution is -2.58. The van der Waals surface area contributed by atoms with Crippen LogP contribution in [0.4, 0.5) is 4.79 Å². The summed E-state index contributed by atoms with van der Waals surface area (Å²) < 4.78 is 11.6. The van der Waals surface area contributed by atoms with Gasteiger partial charge in [0.2, 0.25) is 11.8 Å². The zero-order valence-corrected chi connectivity index (χ0v) is 20.8. The van der Waals surface area contributed by atoms with Crippen molar-refractivity contribution in [2.24, 2.45) is 16.7 Å². The minimum Gasteiger partial charge on any atom is -0.462 e. The minimum atomic E-state index is -1.87. The molecule has 10 heteroatoms. The van der Waals surface area contributed by atoms with E-state index in [0.29, 0.717) is 12.8 Å². The number of rotatable bonds is 2. The minimum absolute atomic E-state index is 0.0426. The number of ether oxygens (including phenoxy) is 2. The monoisotopic (exact) mass is 500 g/mol. The number of carbonyl (C=O) groups excluding carboxylic acids is 4. The summed E-state index contributed by atoms with van der Waals surface area (Å²) in [6.07, 6.45) is 4.91. The van der Waals surface area contributed by atoms with Crippen LogP contribution in [0.5, 0.6) is 0 Å². The maximum absolute atomic E-state index is 14.2. The molecule has 0 radical (unpaired) electrons. The van der Waals surface area contributed by atoms with Crippen LogP contribution in [0.15, 0.2) is 12.2 Å². The second kappa shape index (κ2) is 8.24. The summed E-state index contributed by atoms with van der Waals surface area (Å²) in [7, 11) is 0. The van der Waals surface area contributed by atoms with Crippen LogP contribution < -0.4 is 0 Å². The number of halogens is 2. The van der Waals surface area contributed by atoms with E-state index in [0.717, 1.165) is 16.2 Å². The van der Waals surface area contributed by atoms with Gasteiger partial charge in [0.15, 0.2) is 4.87 Å². The molecular weight excluding hydrogens is 471 g/mol. The average molecular weight is 501 g/mol. The van der Waals surface area contributed by atoms with Gasteiger partial charge in [-0.1, -0.05) is 37.6 Å². The number of esters is 1. The lowest BCUT2D eigenvalue weighted by Gasteiger charge is -2.43. The highest BCUT2D eigenvalue weighted by atomic mass is 35.5. The molecule has 4 rings (SSSR count).